The molecule has 250 valence electrons. The second kappa shape index (κ2) is 13.6. The van der Waals surface area contributed by atoms with E-state index in [1.165, 1.54) is 6.42 Å². The van der Waals surface area contributed by atoms with E-state index in [4.69, 9.17) is 24.3 Å². The summed E-state index contributed by atoms with van der Waals surface area (Å²) in [4.78, 5) is 19.8. The zero-order chi connectivity index (χ0) is 33.1. The molecule has 12 heteroatoms. The lowest BCUT2D eigenvalue weighted by molar-refractivity contribution is -0.160. The summed E-state index contributed by atoms with van der Waals surface area (Å²) in [6, 6.07) is 1.92. The van der Waals surface area contributed by atoms with Crippen LogP contribution >= 0.6 is 0 Å². The first kappa shape index (κ1) is 33.7. The lowest BCUT2D eigenvalue weighted by Gasteiger charge is -2.41. The van der Waals surface area contributed by atoms with Crippen LogP contribution in [0.5, 0.6) is 0 Å². The molecule has 1 aliphatic carbocycles. The van der Waals surface area contributed by atoms with Crippen LogP contribution in [0.2, 0.25) is 0 Å². The second-order valence-electron chi connectivity index (χ2n) is 13.8. The van der Waals surface area contributed by atoms with Gasteiger partial charge in [0.25, 0.3) is 0 Å². The Bertz CT molecular complexity index is 1540. The highest BCUT2D eigenvalue weighted by Gasteiger charge is 2.39. The summed E-state index contributed by atoms with van der Waals surface area (Å²) >= 11 is 0. The topological polar surface area (TPSA) is 129 Å². The van der Waals surface area contributed by atoms with Crippen molar-refractivity contribution in [3.63, 3.8) is 0 Å². The highest BCUT2D eigenvalue weighted by atomic mass is 16.5. The maximum Gasteiger partial charge on any atom is 0.337 e. The van der Waals surface area contributed by atoms with Crippen LogP contribution in [0, 0.1) is 6.92 Å². The average molecular weight is 636 g/mol. The molecule has 1 saturated carbocycles. The van der Waals surface area contributed by atoms with Gasteiger partial charge in [0.2, 0.25) is 0 Å². The number of aliphatic carboxylic acids is 1. The molecule has 12 nitrogen and oxygen atoms in total. The van der Waals surface area contributed by atoms with Gasteiger partial charge in [-0.2, -0.15) is 9.61 Å². The normalized spacial score (nSPS) is 18.8. The van der Waals surface area contributed by atoms with E-state index in [2.05, 4.69) is 35.3 Å². The zero-order valence-corrected chi connectivity index (χ0v) is 28.0. The summed E-state index contributed by atoms with van der Waals surface area (Å²) in [5.74, 6) is -0.399. The van der Waals surface area contributed by atoms with Crippen LogP contribution < -0.4 is 4.90 Å². The molecular formula is C34H49N7O5. The van der Waals surface area contributed by atoms with E-state index in [0.717, 1.165) is 49.9 Å². The van der Waals surface area contributed by atoms with E-state index in [1.54, 1.807) is 21.3 Å². The molecule has 0 amide bonds. The lowest BCUT2D eigenvalue weighted by atomic mass is 9.82. The first-order chi connectivity index (χ1) is 21.9. The van der Waals surface area contributed by atoms with Gasteiger partial charge < -0.3 is 24.2 Å². The van der Waals surface area contributed by atoms with Crippen molar-refractivity contribution in [3.8, 4) is 0 Å². The Morgan fingerprint density at radius 3 is 2.39 bits per heavy atom. The molecule has 1 aliphatic heterocycles. The maximum atomic E-state index is 12.7. The van der Waals surface area contributed by atoms with Crippen molar-refractivity contribution in [1.29, 1.82) is 0 Å². The first-order valence-electron chi connectivity index (χ1n) is 16.3. The molecule has 2 aliphatic rings. The van der Waals surface area contributed by atoms with Crippen LogP contribution in [0.4, 0.5) is 5.82 Å². The van der Waals surface area contributed by atoms with Crippen molar-refractivity contribution < 1.29 is 24.1 Å². The standard InChI is InChI=1S/C34H49N7O5/c1-8-19-44-33(7)15-17-39(18-16-33)30-28(29(31(42)43)46-32(4,5)6)24(3)35-27-21-25(37-41(27)30)22-40-23-26(36-38-40)34(45-20-9-2)13-11-10-12-14-34/h8-9,21,23,29H,1-2,10-20,22H2,3-7H3,(H,42,43). The van der Waals surface area contributed by atoms with Gasteiger partial charge in [-0.1, -0.05) is 36.6 Å². The predicted molar refractivity (Wildman–Crippen MR) is 175 cm³/mol. The summed E-state index contributed by atoms with van der Waals surface area (Å²) in [5, 5.41) is 24.4. The van der Waals surface area contributed by atoms with Crippen LogP contribution in [0.1, 0.15) is 101 Å². The highest BCUT2D eigenvalue weighted by molar-refractivity contribution is 5.78. The summed E-state index contributed by atoms with van der Waals surface area (Å²) < 4.78 is 22.1. The Morgan fingerprint density at radius 1 is 1.09 bits per heavy atom. The van der Waals surface area contributed by atoms with Crippen LogP contribution in [0.25, 0.3) is 5.65 Å². The van der Waals surface area contributed by atoms with Crippen LogP contribution in [0.15, 0.2) is 37.6 Å². The molecule has 1 atom stereocenters. The van der Waals surface area contributed by atoms with Gasteiger partial charge in [-0.15, -0.1) is 18.3 Å². The SMILES string of the molecule is C=CCOC1(C)CCN(c2c(C(OC(C)(C)C)C(=O)O)c(C)nc3cc(Cn4cc(C5(OCC=C)CCCCC5)nn4)nn23)CC1. The molecule has 0 aromatic carbocycles. The summed E-state index contributed by atoms with van der Waals surface area (Å²) in [6.07, 6.45) is 10.9. The molecule has 0 spiro atoms. The number of hydrogen-bond acceptors (Lipinski definition) is 9. The minimum Gasteiger partial charge on any atom is -0.479 e. The molecule has 3 aromatic heterocycles. The minimum absolute atomic E-state index is 0.300. The smallest absolute Gasteiger partial charge is 0.337 e. The summed E-state index contributed by atoms with van der Waals surface area (Å²) in [6.45, 7) is 19.7. The molecule has 3 aromatic rings. The van der Waals surface area contributed by atoms with Gasteiger partial charge in [0.05, 0.1) is 48.4 Å². The van der Waals surface area contributed by atoms with Crippen molar-refractivity contribution in [2.75, 3.05) is 31.2 Å². The van der Waals surface area contributed by atoms with Crippen LogP contribution in [-0.4, -0.2) is 78.2 Å². The maximum absolute atomic E-state index is 12.7. The summed E-state index contributed by atoms with van der Waals surface area (Å²) in [5.41, 5.74) is 1.81. The van der Waals surface area contributed by atoms with Crippen LogP contribution in [-0.2, 0) is 31.2 Å². The molecule has 0 radical (unpaired) electrons. The van der Waals surface area contributed by atoms with Gasteiger partial charge in [-0.25, -0.2) is 14.5 Å². The third kappa shape index (κ3) is 7.34. The van der Waals surface area contributed by atoms with E-state index in [1.807, 2.05) is 40.0 Å². The molecular weight excluding hydrogens is 586 g/mol. The third-order valence-corrected chi connectivity index (χ3v) is 8.95. The van der Waals surface area contributed by atoms with Gasteiger partial charge in [0.1, 0.15) is 17.1 Å². The van der Waals surface area contributed by atoms with Crippen molar-refractivity contribution in [2.45, 2.75) is 109 Å². The fourth-order valence-corrected chi connectivity index (χ4v) is 6.60. The lowest BCUT2D eigenvalue weighted by Crippen LogP contribution is -2.45. The molecule has 1 saturated heterocycles. The number of hydrogen-bond donors (Lipinski definition) is 1. The van der Waals surface area contributed by atoms with Crippen molar-refractivity contribution in [2.24, 2.45) is 0 Å². The van der Waals surface area contributed by atoms with E-state index < -0.39 is 23.3 Å². The van der Waals surface area contributed by atoms with E-state index in [9.17, 15) is 9.90 Å². The van der Waals surface area contributed by atoms with Crippen molar-refractivity contribution in [3.05, 3.63) is 60.2 Å². The Hall–Kier alpha value is -3.61. The zero-order valence-electron chi connectivity index (χ0n) is 28.0. The number of aryl methyl sites for hydroxylation is 1. The minimum atomic E-state index is -1.23. The second-order valence-corrected chi connectivity index (χ2v) is 13.8. The van der Waals surface area contributed by atoms with Crippen molar-refractivity contribution >= 4 is 17.4 Å². The number of fused-ring (bicyclic) bond motifs is 1. The number of piperidine rings is 1. The quantitative estimate of drug-likeness (QED) is 0.239. The fraction of sp³-hybridized carbons (Fsp3) is 0.618. The monoisotopic (exact) mass is 635 g/mol. The van der Waals surface area contributed by atoms with Gasteiger partial charge in [-0.3, -0.25) is 0 Å². The molecule has 46 heavy (non-hydrogen) atoms. The third-order valence-electron chi connectivity index (χ3n) is 8.95. The number of rotatable bonds is 13. The largest absolute Gasteiger partial charge is 0.479 e. The number of nitrogens with zero attached hydrogens (tertiary/aromatic N) is 7. The Labute approximate surface area is 271 Å². The predicted octanol–water partition coefficient (Wildman–Crippen LogP) is 5.54. The molecule has 0 bridgehead atoms. The number of carboxylic acid groups (broad SMARTS) is 1. The van der Waals surface area contributed by atoms with E-state index >= 15 is 0 Å². The van der Waals surface area contributed by atoms with Gasteiger partial charge in [0.15, 0.2) is 11.8 Å². The molecule has 2 fully saturated rings. The molecule has 1 N–H and O–H groups in total. The number of aromatic nitrogens is 6. The van der Waals surface area contributed by atoms with Gasteiger partial charge in [0, 0.05) is 24.8 Å². The Balaban J connectivity index is 1.52. The van der Waals surface area contributed by atoms with Gasteiger partial charge >= 0.3 is 5.97 Å². The van der Waals surface area contributed by atoms with Crippen molar-refractivity contribution in [1.82, 2.24) is 29.6 Å². The number of anilines is 1. The molecule has 5 rings (SSSR count). The van der Waals surface area contributed by atoms with Crippen LogP contribution in [0.3, 0.4) is 0 Å². The number of ether oxygens (including phenoxy) is 3. The first-order valence-corrected chi connectivity index (χ1v) is 16.3. The number of carboxylic acids is 1. The molecule has 1 unspecified atom stereocenters. The van der Waals surface area contributed by atoms with E-state index in [-0.39, 0.29) is 5.60 Å². The Morgan fingerprint density at radius 2 is 1.76 bits per heavy atom. The highest BCUT2D eigenvalue weighted by Crippen LogP contribution is 2.40. The van der Waals surface area contributed by atoms with Gasteiger partial charge in [-0.05, 0) is 60.3 Å². The summed E-state index contributed by atoms with van der Waals surface area (Å²) in [7, 11) is 0. The average Bonchev–Trinajstić information content (AvgIpc) is 3.65. The Kier molecular flexibility index (Phi) is 10.00. The van der Waals surface area contributed by atoms with E-state index in [0.29, 0.717) is 55.6 Å². The number of carbonyl (C=O) groups is 1. The fourth-order valence-electron chi connectivity index (χ4n) is 6.60. The molecule has 4 heterocycles.